The van der Waals surface area contributed by atoms with E-state index in [0.29, 0.717) is 0 Å². The zero-order valence-electron chi connectivity index (χ0n) is 12.3. The molecule has 2 rings (SSSR count). The zero-order valence-corrected chi connectivity index (χ0v) is 12.3. The lowest BCUT2D eigenvalue weighted by Gasteiger charge is -2.04. The highest BCUT2D eigenvalue weighted by Crippen LogP contribution is 2.09. The van der Waals surface area contributed by atoms with Gasteiger partial charge in [0.2, 0.25) is 5.76 Å². The Morgan fingerprint density at radius 3 is 2.74 bits per heavy atom. The number of aliphatic hydroxyl groups is 1. The van der Waals surface area contributed by atoms with Gasteiger partial charge in [-0.1, -0.05) is 12.1 Å². The molecule has 0 amide bonds. The van der Waals surface area contributed by atoms with E-state index in [1.165, 1.54) is 18.5 Å². The monoisotopic (exact) mass is 319 g/mol. The van der Waals surface area contributed by atoms with Gasteiger partial charge in [0.25, 0.3) is 0 Å². The molecule has 0 aliphatic rings. The highest BCUT2D eigenvalue weighted by atomic mass is 19.1. The van der Waals surface area contributed by atoms with Crippen LogP contribution in [0, 0.1) is 5.82 Å². The molecule has 0 unspecified atom stereocenters. The maximum absolute atomic E-state index is 12.8. The molecule has 7 nitrogen and oxygen atoms in total. The highest BCUT2D eigenvalue weighted by Gasteiger charge is 2.10. The van der Waals surface area contributed by atoms with Crippen LogP contribution < -0.4 is 4.74 Å². The van der Waals surface area contributed by atoms with Crippen LogP contribution in [-0.2, 0) is 16.1 Å². The minimum Gasteiger partial charge on any atom is -0.502 e. The average Bonchev–Trinajstić information content (AvgIpc) is 2.55. The Balaban J connectivity index is 2.03. The molecule has 0 saturated heterocycles. The van der Waals surface area contributed by atoms with Gasteiger partial charge in [0.15, 0.2) is 5.82 Å². The van der Waals surface area contributed by atoms with Crippen molar-refractivity contribution in [3.63, 3.8) is 0 Å². The molecule has 1 aromatic heterocycles. The molecule has 0 aliphatic heterocycles. The van der Waals surface area contributed by atoms with Gasteiger partial charge in [-0.05, 0) is 24.6 Å². The fraction of sp³-hybridized carbons (Fsp3) is 0.200. The van der Waals surface area contributed by atoms with E-state index in [-0.39, 0.29) is 30.9 Å². The summed E-state index contributed by atoms with van der Waals surface area (Å²) in [5.74, 6) is -1.79. The summed E-state index contributed by atoms with van der Waals surface area (Å²) in [7, 11) is 0. The van der Waals surface area contributed by atoms with E-state index in [9.17, 15) is 14.3 Å². The third-order valence-electron chi connectivity index (χ3n) is 2.60. The number of hydrogen-bond donors (Lipinski definition) is 1. The Hall–Kier alpha value is -3.03. The molecule has 120 valence electrons. The molecule has 1 heterocycles. The fourth-order valence-corrected chi connectivity index (χ4v) is 1.55. The molecular weight excluding hydrogens is 305 g/mol. The van der Waals surface area contributed by atoms with Crippen LogP contribution in [0.15, 0.2) is 36.4 Å². The van der Waals surface area contributed by atoms with E-state index in [4.69, 9.17) is 4.74 Å². The Labute approximate surface area is 131 Å². The van der Waals surface area contributed by atoms with Crippen molar-refractivity contribution >= 4 is 12.0 Å². The van der Waals surface area contributed by atoms with E-state index in [0.717, 1.165) is 11.6 Å². The first kappa shape index (κ1) is 16.3. The minimum atomic E-state index is -0.873. The van der Waals surface area contributed by atoms with E-state index in [1.54, 1.807) is 19.1 Å². The molecule has 0 atom stereocenters. The summed E-state index contributed by atoms with van der Waals surface area (Å²) in [6, 6.07) is 5.79. The summed E-state index contributed by atoms with van der Waals surface area (Å²) in [5, 5.41) is 9.54. The van der Waals surface area contributed by atoms with Crippen molar-refractivity contribution in [2.45, 2.75) is 13.5 Å². The van der Waals surface area contributed by atoms with Gasteiger partial charge in [-0.15, -0.1) is 0 Å². The summed E-state index contributed by atoms with van der Waals surface area (Å²) < 4.78 is 22.8. The van der Waals surface area contributed by atoms with Gasteiger partial charge in [0.05, 0.1) is 6.61 Å². The predicted octanol–water partition coefficient (Wildman–Crippen LogP) is 2.05. The third-order valence-corrected chi connectivity index (χ3v) is 2.60. The summed E-state index contributed by atoms with van der Waals surface area (Å²) in [5.41, 5.74) is 0.735. The number of ether oxygens (including phenoxy) is 2. The van der Waals surface area contributed by atoms with Crippen LogP contribution in [0.2, 0.25) is 0 Å². The Kier molecular flexibility index (Phi) is 5.56. The van der Waals surface area contributed by atoms with Gasteiger partial charge >= 0.3 is 12.0 Å². The largest absolute Gasteiger partial charge is 0.502 e. The number of benzene rings is 1. The third kappa shape index (κ3) is 5.03. The summed E-state index contributed by atoms with van der Waals surface area (Å²) in [6.45, 7) is 1.90. The Bertz CT molecular complexity index is 704. The predicted molar refractivity (Wildman–Crippen MR) is 77.8 cm³/mol. The van der Waals surface area contributed by atoms with Crippen LogP contribution in [0.25, 0.3) is 6.08 Å². The summed E-state index contributed by atoms with van der Waals surface area (Å²) in [4.78, 5) is 22.8. The van der Waals surface area contributed by atoms with Gasteiger partial charge in [0, 0.05) is 6.08 Å². The second kappa shape index (κ2) is 7.83. The van der Waals surface area contributed by atoms with E-state index < -0.39 is 11.7 Å². The summed E-state index contributed by atoms with van der Waals surface area (Å²) in [6.07, 6.45) is 2.22. The molecule has 1 aromatic carbocycles. The number of halogens is 1. The lowest BCUT2D eigenvalue weighted by molar-refractivity contribution is -0.141. The number of nitrogens with zero attached hydrogens (tertiary/aromatic N) is 3. The standard InChI is InChI=1S/C15H14FN3O4/c1-2-22-14(21)12(20)7-13-17-9-18-15(19-13)23-8-10-3-5-11(16)6-4-10/h3-7,9,20H,2,8H2,1H3. The van der Waals surface area contributed by atoms with Gasteiger partial charge in [-0.2, -0.15) is 9.97 Å². The molecule has 0 saturated carbocycles. The molecule has 1 N–H and O–H groups in total. The molecule has 0 aliphatic carbocycles. The zero-order chi connectivity index (χ0) is 16.7. The Morgan fingerprint density at radius 1 is 1.30 bits per heavy atom. The van der Waals surface area contributed by atoms with Crippen molar-refractivity contribution in [1.82, 2.24) is 15.0 Å². The molecule has 8 heteroatoms. The highest BCUT2D eigenvalue weighted by molar-refractivity contribution is 5.90. The topological polar surface area (TPSA) is 94.4 Å². The van der Waals surface area contributed by atoms with E-state index in [1.807, 2.05) is 0 Å². The molecule has 0 spiro atoms. The second-order valence-electron chi connectivity index (χ2n) is 4.29. The molecular formula is C15H14FN3O4. The van der Waals surface area contributed by atoms with Gasteiger partial charge in [-0.25, -0.2) is 14.2 Å². The lowest BCUT2D eigenvalue weighted by Crippen LogP contribution is -2.07. The molecule has 2 aromatic rings. The van der Waals surface area contributed by atoms with Crippen molar-refractivity contribution in [1.29, 1.82) is 0 Å². The van der Waals surface area contributed by atoms with Crippen LogP contribution in [0.5, 0.6) is 6.01 Å². The minimum absolute atomic E-state index is 0.00670. The van der Waals surface area contributed by atoms with Crippen LogP contribution >= 0.6 is 0 Å². The second-order valence-corrected chi connectivity index (χ2v) is 4.29. The molecule has 0 bridgehead atoms. The number of carbonyl (C=O) groups is 1. The number of carbonyl (C=O) groups excluding carboxylic acids is 1. The van der Waals surface area contributed by atoms with Crippen molar-refractivity contribution in [3.8, 4) is 6.01 Å². The van der Waals surface area contributed by atoms with Gasteiger partial charge < -0.3 is 14.6 Å². The number of aromatic nitrogens is 3. The molecule has 0 radical (unpaired) electrons. The normalized spacial score (nSPS) is 11.1. The van der Waals surface area contributed by atoms with Crippen molar-refractivity contribution < 1.29 is 23.8 Å². The maximum atomic E-state index is 12.8. The van der Waals surface area contributed by atoms with Crippen LogP contribution in [0.3, 0.4) is 0 Å². The first-order chi connectivity index (χ1) is 11.1. The smallest absolute Gasteiger partial charge is 0.373 e. The quantitative estimate of drug-likeness (QED) is 0.494. The lowest BCUT2D eigenvalue weighted by atomic mass is 10.2. The molecule has 0 fully saturated rings. The number of hydrogen-bond acceptors (Lipinski definition) is 7. The van der Waals surface area contributed by atoms with Crippen LogP contribution in [-0.4, -0.2) is 32.6 Å². The number of esters is 1. The average molecular weight is 319 g/mol. The SMILES string of the molecule is CCOC(=O)C(O)=Cc1ncnc(OCc2ccc(F)cc2)n1. The van der Waals surface area contributed by atoms with Crippen molar-refractivity contribution in [3.05, 3.63) is 53.6 Å². The van der Waals surface area contributed by atoms with Crippen molar-refractivity contribution in [2.75, 3.05) is 6.61 Å². The number of aliphatic hydroxyl groups excluding tert-OH is 1. The maximum Gasteiger partial charge on any atom is 0.373 e. The Morgan fingerprint density at radius 2 is 2.04 bits per heavy atom. The van der Waals surface area contributed by atoms with Crippen LogP contribution in [0.4, 0.5) is 4.39 Å². The first-order valence-corrected chi connectivity index (χ1v) is 6.72. The number of rotatable bonds is 6. The fourth-order valence-electron chi connectivity index (χ4n) is 1.55. The van der Waals surface area contributed by atoms with E-state index >= 15 is 0 Å². The molecule has 23 heavy (non-hydrogen) atoms. The summed E-state index contributed by atoms with van der Waals surface area (Å²) >= 11 is 0. The van der Waals surface area contributed by atoms with E-state index in [2.05, 4.69) is 19.7 Å². The van der Waals surface area contributed by atoms with Crippen molar-refractivity contribution in [2.24, 2.45) is 0 Å². The van der Waals surface area contributed by atoms with Crippen LogP contribution in [0.1, 0.15) is 18.3 Å². The van der Waals surface area contributed by atoms with Gasteiger partial charge in [-0.3, -0.25) is 0 Å². The first-order valence-electron chi connectivity index (χ1n) is 6.72. The van der Waals surface area contributed by atoms with Gasteiger partial charge in [0.1, 0.15) is 18.8 Å².